The summed E-state index contributed by atoms with van der Waals surface area (Å²) < 4.78 is 18.1. The molecule has 1 aromatic carbocycles. The number of nitrogens with zero attached hydrogens (tertiary/aromatic N) is 1. The summed E-state index contributed by atoms with van der Waals surface area (Å²) in [6, 6.07) is 6.16. The summed E-state index contributed by atoms with van der Waals surface area (Å²) in [5.41, 5.74) is 6.22. The van der Waals surface area contributed by atoms with Crippen LogP contribution in [0, 0.1) is 5.82 Å². The number of carbonyl (C=O) groups is 2. The van der Waals surface area contributed by atoms with E-state index >= 15 is 0 Å². The fourth-order valence-corrected chi connectivity index (χ4v) is 2.69. The number of urea groups is 1. The van der Waals surface area contributed by atoms with Crippen molar-refractivity contribution < 1.29 is 18.7 Å². The Morgan fingerprint density at radius 3 is 2.73 bits per heavy atom. The first-order valence-corrected chi connectivity index (χ1v) is 7.26. The monoisotopic (exact) mass is 307 g/mol. The predicted octanol–water partition coefficient (Wildman–Crippen LogP) is 0.577. The van der Waals surface area contributed by atoms with E-state index in [9.17, 15) is 14.0 Å². The third-order valence-corrected chi connectivity index (χ3v) is 4.07. The van der Waals surface area contributed by atoms with Crippen molar-refractivity contribution >= 4 is 11.9 Å². The average molecular weight is 307 g/mol. The first-order valence-electron chi connectivity index (χ1n) is 7.26. The van der Waals surface area contributed by atoms with E-state index in [1.54, 1.807) is 17.0 Å². The molecular formula is C15H18FN3O3. The average Bonchev–Trinajstić information content (AvgIpc) is 3.27. The van der Waals surface area contributed by atoms with E-state index in [1.807, 2.05) is 0 Å². The molecule has 2 aliphatic rings. The van der Waals surface area contributed by atoms with Crippen LogP contribution >= 0.6 is 0 Å². The van der Waals surface area contributed by atoms with Gasteiger partial charge in [-0.3, -0.25) is 4.79 Å². The fraction of sp³-hybridized carbons (Fsp3) is 0.467. The Bertz CT molecular complexity index is 578. The molecule has 1 aromatic rings. The molecule has 118 valence electrons. The molecule has 1 aliphatic carbocycles. The standard InChI is InChI=1S/C15H18FN3O3/c16-10-3-1-9(2-4-10)11-7-12(11)18-15(21)19-5-6-22-13(8-19)14(17)20/h1-4,11-13H,5-8H2,(H2,17,20)(H,18,21)/t11-,12+,13+/m1/s1. The van der Waals surface area contributed by atoms with Crippen LogP contribution in [0.2, 0.25) is 0 Å². The zero-order valence-corrected chi connectivity index (χ0v) is 12.0. The predicted molar refractivity (Wildman–Crippen MR) is 76.6 cm³/mol. The molecule has 0 bridgehead atoms. The van der Waals surface area contributed by atoms with Crippen LogP contribution in [0.4, 0.5) is 9.18 Å². The number of hydrogen-bond donors (Lipinski definition) is 2. The molecular weight excluding hydrogens is 289 g/mol. The molecule has 6 nitrogen and oxygen atoms in total. The summed E-state index contributed by atoms with van der Waals surface area (Å²) in [5.74, 6) is -0.610. The Kier molecular flexibility index (Phi) is 3.98. The van der Waals surface area contributed by atoms with E-state index in [1.165, 1.54) is 12.1 Å². The fourth-order valence-electron chi connectivity index (χ4n) is 2.69. The van der Waals surface area contributed by atoms with Gasteiger partial charge in [0.25, 0.3) is 0 Å². The highest BCUT2D eigenvalue weighted by Gasteiger charge is 2.40. The van der Waals surface area contributed by atoms with E-state index in [0.717, 1.165) is 12.0 Å². The highest BCUT2D eigenvalue weighted by Crippen LogP contribution is 2.40. The van der Waals surface area contributed by atoms with Crippen LogP contribution in [0.1, 0.15) is 17.9 Å². The molecule has 0 aromatic heterocycles. The number of hydrogen-bond acceptors (Lipinski definition) is 3. The van der Waals surface area contributed by atoms with Crippen molar-refractivity contribution in [2.24, 2.45) is 5.73 Å². The van der Waals surface area contributed by atoms with Gasteiger partial charge in [0.15, 0.2) is 6.10 Å². The van der Waals surface area contributed by atoms with Crippen molar-refractivity contribution in [3.8, 4) is 0 Å². The van der Waals surface area contributed by atoms with Gasteiger partial charge >= 0.3 is 6.03 Å². The largest absolute Gasteiger partial charge is 0.367 e. The van der Waals surface area contributed by atoms with Crippen molar-refractivity contribution in [3.05, 3.63) is 35.6 Å². The van der Waals surface area contributed by atoms with Crippen molar-refractivity contribution in [2.75, 3.05) is 19.7 Å². The molecule has 1 saturated heterocycles. The summed E-state index contributed by atoms with van der Waals surface area (Å²) in [7, 11) is 0. The van der Waals surface area contributed by atoms with Crippen LogP contribution in [0.25, 0.3) is 0 Å². The van der Waals surface area contributed by atoms with Gasteiger partial charge in [-0.2, -0.15) is 0 Å². The van der Waals surface area contributed by atoms with Gasteiger partial charge in [-0.15, -0.1) is 0 Å². The first-order chi connectivity index (χ1) is 10.5. The number of morpholine rings is 1. The molecule has 1 saturated carbocycles. The molecule has 3 atom stereocenters. The van der Waals surface area contributed by atoms with Gasteiger partial charge in [0.1, 0.15) is 5.82 Å². The van der Waals surface area contributed by atoms with E-state index < -0.39 is 12.0 Å². The van der Waals surface area contributed by atoms with Crippen LogP contribution < -0.4 is 11.1 Å². The lowest BCUT2D eigenvalue weighted by Crippen LogP contribution is -2.53. The second-order valence-electron chi connectivity index (χ2n) is 5.66. The van der Waals surface area contributed by atoms with Crippen molar-refractivity contribution in [1.29, 1.82) is 0 Å². The van der Waals surface area contributed by atoms with E-state index in [0.29, 0.717) is 13.2 Å². The van der Waals surface area contributed by atoms with Crippen molar-refractivity contribution in [2.45, 2.75) is 24.5 Å². The molecule has 0 radical (unpaired) electrons. The zero-order valence-electron chi connectivity index (χ0n) is 12.0. The number of ether oxygens (including phenoxy) is 1. The van der Waals surface area contributed by atoms with Crippen LogP contribution in [0.15, 0.2) is 24.3 Å². The SMILES string of the molecule is NC(=O)[C@@H]1CN(C(=O)N[C@H]2C[C@@H]2c2ccc(F)cc2)CCO1. The van der Waals surface area contributed by atoms with E-state index in [2.05, 4.69) is 5.32 Å². The lowest BCUT2D eigenvalue weighted by atomic mass is 10.1. The topological polar surface area (TPSA) is 84.7 Å². The summed E-state index contributed by atoms with van der Waals surface area (Å²) >= 11 is 0. The second kappa shape index (κ2) is 5.92. The van der Waals surface area contributed by atoms with Gasteiger partial charge < -0.3 is 20.7 Å². The first kappa shape index (κ1) is 14.8. The second-order valence-corrected chi connectivity index (χ2v) is 5.66. The Morgan fingerprint density at radius 2 is 2.05 bits per heavy atom. The Balaban J connectivity index is 1.53. The minimum atomic E-state index is -0.744. The van der Waals surface area contributed by atoms with Gasteiger partial charge in [0.2, 0.25) is 5.91 Å². The summed E-state index contributed by atoms with van der Waals surface area (Å²) in [4.78, 5) is 24.9. The van der Waals surface area contributed by atoms with Crippen LogP contribution in [-0.4, -0.2) is 48.7 Å². The summed E-state index contributed by atoms with van der Waals surface area (Å²) in [6.07, 6.45) is 0.0904. The summed E-state index contributed by atoms with van der Waals surface area (Å²) in [6.45, 7) is 0.908. The number of nitrogens with two attached hydrogens (primary N) is 1. The number of nitrogens with one attached hydrogen (secondary N) is 1. The third kappa shape index (κ3) is 3.19. The number of primary amides is 1. The molecule has 0 spiro atoms. The Hall–Kier alpha value is -2.15. The zero-order chi connectivity index (χ0) is 15.7. The molecule has 0 unspecified atom stereocenters. The highest BCUT2D eigenvalue weighted by molar-refractivity contribution is 5.81. The van der Waals surface area contributed by atoms with Crippen molar-refractivity contribution in [3.63, 3.8) is 0 Å². The number of amides is 3. The van der Waals surface area contributed by atoms with Gasteiger partial charge in [-0.1, -0.05) is 12.1 Å². The number of rotatable bonds is 3. The third-order valence-electron chi connectivity index (χ3n) is 4.07. The molecule has 2 fully saturated rings. The maximum absolute atomic E-state index is 12.9. The van der Waals surface area contributed by atoms with Crippen molar-refractivity contribution in [1.82, 2.24) is 10.2 Å². The lowest BCUT2D eigenvalue weighted by molar-refractivity contribution is -0.133. The molecule has 1 aliphatic heterocycles. The number of carbonyl (C=O) groups excluding carboxylic acids is 2. The van der Waals surface area contributed by atoms with Crippen LogP contribution in [0.5, 0.6) is 0 Å². The Morgan fingerprint density at radius 1 is 1.32 bits per heavy atom. The quantitative estimate of drug-likeness (QED) is 0.856. The van der Waals surface area contributed by atoms with E-state index in [-0.39, 0.29) is 30.4 Å². The minimum absolute atomic E-state index is 0.0489. The number of benzene rings is 1. The van der Waals surface area contributed by atoms with Crippen LogP contribution in [-0.2, 0) is 9.53 Å². The van der Waals surface area contributed by atoms with E-state index in [4.69, 9.17) is 10.5 Å². The van der Waals surface area contributed by atoms with Gasteiger partial charge in [-0.05, 0) is 24.1 Å². The maximum Gasteiger partial charge on any atom is 0.317 e. The normalized spacial score (nSPS) is 27.3. The molecule has 1 heterocycles. The molecule has 3 N–H and O–H groups in total. The number of halogens is 1. The molecule has 22 heavy (non-hydrogen) atoms. The van der Waals surface area contributed by atoms with Gasteiger partial charge in [-0.25, -0.2) is 9.18 Å². The Labute approximate surface area is 127 Å². The van der Waals surface area contributed by atoms with Gasteiger partial charge in [0, 0.05) is 18.5 Å². The molecule has 3 rings (SSSR count). The minimum Gasteiger partial charge on any atom is -0.367 e. The summed E-state index contributed by atoms with van der Waals surface area (Å²) in [5, 5.41) is 2.93. The van der Waals surface area contributed by atoms with Gasteiger partial charge in [0.05, 0.1) is 13.2 Å². The molecule has 7 heteroatoms. The lowest BCUT2D eigenvalue weighted by Gasteiger charge is -2.31. The molecule has 3 amide bonds. The van der Waals surface area contributed by atoms with Crippen LogP contribution in [0.3, 0.4) is 0 Å². The maximum atomic E-state index is 12.9. The smallest absolute Gasteiger partial charge is 0.317 e. The highest BCUT2D eigenvalue weighted by atomic mass is 19.1.